The fraction of sp³-hybridized carbons (Fsp3) is 0.571. The van der Waals surface area contributed by atoms with Crippen molar-refractivity contribution in [1.82, 2.24) is 9.21 Å². The Kier molecular flexibility index (Phi) is 4.67. The van der Waals surface area contributed by atoms with Gasteiger partial charge in [0.1, 0.15) is 5.75 Å². The van der Waals surface area contributed by atoms with Gasteiger partial charge in [-0.25, -0.2) is 8.42 Å². The van der Waals surface area contributed by atoms with Gasteiger partial charge in [-0.2, -0.15) is 4.31 Å². The molecule has 1 aromatic rings. The van der Waals surface area contributed by atoms with Gasteiger partial charge in [0.25, 0.3) is 0 Å². The number of benzene rings is 1. The lowest BCUT2D eigenvalue weighted by Gasteiger charge is -2.36. The summed E-state index contributed by atoms with van der Waals surface area (Å²) in [7, 11) is -1.82. The molecule has 0 unspecified atom stereocenters. The molecular formula is C14H22N2O3S. The molecule has 0 atom stereocenters. The molecule has 1 fully saturated rings. The molecule has 0 bridgehead atoms. The Bertz CT molecular complexity index is 532. The first-order chi connectivity index (χ1) is 9.45. The van der Waals surface area contributed by atoms with Gasteiger partial charge >= 0.3 is 0 Å². The molecule has 2 rings (SSSR count). The molecule has 0 saturated carbocycles. The molecule has 1 aliphatic rings. The Hall–Kier alpha value is -1.11. The minimum absolute atomic E-state index is 0.330. The first kappa shape index (κ1) is 15.3. The van der Waals surface area contributed by atoms with Gasteiger partial charge in [-0.15, -0.1) is 0 Å². The third-order valence-electron chi connectivity index (χ3n) is 3.70. The van der Waals surface area contributed by atoms with Crippen LogP contribution in [0.1, 0.15) is 13.8 Å². The van der Waals surface area contributed by atoms with Crippen molar-refractivity contribution in [3.05, 3.63) is 24.3 Å². The van der Waals surface area contributed by atoms with Crippen LogP contribution < -0.4 is 4.74 Å². The predicted octanol–water partition coefficient (Wildman–Crippen LogP) is 1.41. The zero-order valence-corrected chi connectivity index (χ0v) is 13.1. The van der Waals surface area contributed by atoms with E-state index in [9.17, 15) is 8.42 Å². The summed E-state index contributed by atoms with van der Waals surface area (Å²) in [5.41, 5.74) is 0. The van der Waals surface area contributed by atoms with E-state index >= 15 is 0 Å². The Labute approximate surface area is 121 Å². The van der Waals surface area contributed by atoms with Crippen LogP contribution in [0.2, 0.25) is 0 Å². The average molecular weight is 298 g/mol. The van der Waals surface area contributed by atoms with E-state index in [0.717, 1.165) is 13.1 Å². The Morgan fingerprint density at radius 2 is 1.60 bits per heavy atom. The monoisotopic (exact) mass is 298 g/mol. The second-order valence-electron chi connectivity index (χ2n) is 5.21. The van der Waals surface area contributed by atoms with Crippen LogP contribution in [0.3, 0.4) is 0 Å². The molecule has 1 saturated heterocycles. The molecule has 112 valence electrons. The highest BCUT2D eigenvalue weighted by molar-refractivity contribution is 7.89. The van der Waals surface area contributed by atoms with E-state index in [1.165, 1.54) is 0 Å². The third-order valence-corrected chi connectivity index (χ3v) is 5.61. The molecule has 0 radical (unpaired) electrons. The second kappa shape index (κ2) is 6.11. The summed E-state index contributed by atoms with van der Waals surface area (Å²) in [6.07, 6.45) is 0. The maximum absolute atomic E-state index is 12.5. The van der Waals surface area contributed by atoms with E-state index in [2.05, 4.69) is 18.7 Å². The SMILES string of the molecule is COc1ccc(S(=O)(=O)N2CCN(C(C)C)CC2)cc1. The van der Waals surface area contributed by atoms with Gasteiger partial charge in [-0.1, -0.05) is 0 Å². The van der Waals surface area contributed by atoms with Crippen molar-refractivity contribution in [3.63, 3.8) is 0 Å². The van der Waals surface area contributed by atoms with Gasteiger partial charge in [0.05, 0.1) is 12.0 Å². The number of nitrogens with zero attached hydrogens (tertiary/aromatic N) is 2. The van der Waals surface area contributed by atoms with Gasteiger partial charge in [0.15, 0.2) is 0 Å². The molecule has 1 aliphatic heterocycles. The summed E-state index contributed by atoms with van der Waals surface area (Å²) >= 11 is 0. The lowest BCUT2D eigenvalue weighted by atomic mass is 10.3. The zero-order valence-electron chi connectivity index (χ0n) is 12.2. The molecule has 0 amide bonds. The molecule has 1 aromatic carbocycles. The molecule has 20 heavy (non-hydrogen) atoms. The topological polar surface area (TPSA) is 49.9 Å². The smallest absolute Gasteiger partial charge is 0.243 e. The third kappa shape index (κ3) is 3.13. The lowest BCUT2D eigenvalue weighted by molar-refractivity contribution is 0.154. The molecular weight excluding hydrogens is 276 g/mol. The number of methoxy groups -OCH3 is 1. The van der Waals surface area contributed by atoms with Crippen LogP contribution in [-0.2, 0) is 10.0 Å². The predicted molar refractivity (Wildman–Crippen MR) is 78.5 cm³/mol. The van der Waals surface area contributed by atoms with E-state index in [1.54, 1.807) is 35.7 Å². The van der Waals surface area contributed by atoms with Crippen LogP contribution >= 0.6 is 0 Å². The normalized spacial score (nSPS) is 18.4. The van der Waals surface area contributed by atoms with Crippen LogP contribution in [0.25, 0.3) is 0 Å². The summed E-state index contributed by atoms with van der Waals surface area (Å²) in [5.74, 6) is 0.661. The summed E-state index contributed by atoms with van der Waals surface area (Å²) in [6, 6.07) is 7.02. The second-order valence-corrected chi connectivity index (χ2v) is 7.15. The van der Waals surface area contributed by atoms with Crippen molar-refractivity contribution in [3.8, 4) is 5.75 Å². The number of sulfonamides is 1. The highest BCUT2D eigenvalue weighted by Gasteiger charge is 2.29. The van der Waals surface area contributed by atoms with E-state index in [1.807, 2.05) is 0 Å². The summed E-state index contributed by atoms with van der Waals surface area (Å²) in [5, 5.41) is 0. The highest BCUT2D eigenvalue weighted by Crippen LogP contribution is 2.21. The van der Waals surface area contributed by atoms with Crippen LogP contribution in [0, 0.1) is 0 Å². The standard InChI is InChI=1S/C14H22N2O3S/c1-12(2)15-8-10-16(11-9-15)20(17,18)14-6-4-13(19-3)5-7-14/h4-7,12H,8-11H2,1-3H3. The summed E-state index contributed by atoms with van der Waals surface area (Å²) in [4.78, 5) is 2.62. The van der Waals surface area contributed by atoms with E-state index < -0.39 is 10.0 Å². The maximum Gasteiger partial charge on any atom is 0.243 e. The molecule has 0 aromatic heterocycles. The maximum atomic E-state index is 12.5. The highest BCUT2D eigenvalue weighted by atomic mass is 32.2. The quantitative estimate of drug-likeness (QED) is 0.843. The number of rotatable bonds is 4. The number of piperazine rings is 1. The van der Waals surface area contributed by atoms with Gasteiger partial charge in [0, 0.05) is 32.2 Å². The molecule has 0 N–H and O–H groups in total. The fourth-order valence-electron chi connectivity index (χ4n) is 2.36. The van der Waals surface area contributed by atoms with Crippen molar-refractivity contribution in [2.75, 3.05) is 33.3 Å². The van der Waals surface area contributed by atoms with E-state index in [4.69, 9.17) is 4.74 Å². The Morgan fingerprint density at radius 1 is 1.05 bits per heavy atom. The van der Waals surface area contributed by atoms with Gasteiger partial charge in [0.2, 0.25) is 10.0 Å². The molecule has 0 spiro atoms. The minimum atomic E-state index is -3.39. The van der Waals surface area contributed by atoms with Gasteiger partial charge in [-0.05, 0) is 38.1 Å². The van der Waals surface area contributed by atoms with Gasteiger partial charge in [-0.3, -0.25) is 4.90 Å². The average Bonchev–Trinajstić information content (AvgIpc) is 2.47. The van der Waals surface area contributed by atoms with E-state index in [-0.39, 0.29) is 0 Å². The van der Waals surface area contributed by atoms with E-state index in [0.29, 0.717) is 29.8 Å². The lowest BCUT2D eigenvalue weighted by Crippen LogP contribution is -2.50. The Balaban J connectivity index is 2.11. The van der Waals surface area contributed by atoms with Crippen molar-refractivity contribution in [1.29, 1.82) is 0 Å². The van der Waals surface area contributed by atoms with Crippen molar-refractivity contribution < 1.29 is 13.2 Å². The first-order valence-corrected chi connectivity index (χ1v) is 8.27. The number of ether oxygens (including phenoxy) is 1. The Morgan fingerprint density at radius 3 is 2.05 bits per heavy atom. The van der Waals surface area contributed by atoms with Crippen LogP contribution in [0.4, 0.5) is 0 Å². The van der Waals surface area contributed by atoms with Crippen LogP contribution in [0.5, 0.6) is 5.75 Å². The first-order valence-electron chi connectivity index (χ1n) is 6.83. The van der Waals surface area contributed by atoms with Crippen molar-refractivity contribution in [2.45, 2.75) is 24.8 Å². The minimum Gasteiger partial charge on any atom is -0.497 e. The number of hydrogen-bond acceptors (Lipinski definition) is 4. The molecule has 1 heterocycles. The number of hydrogen-bond donors (Lipinski definition) is 0. The summed E-state index contributed by atoms with van der Waals surface area (Å²) < 4.78 is 31.7. The largest absolute Gasteiger partial charge is 0.497 e. The van der Waals surface area contributed by atoms with Crippen molar-refractivity contribution in [2.24, 2.45) is 0 Å². The van der Waals surface area contributed by atoms with Crippen LogP contribution in [0.15, 0.2) is 29.2 Å². The molecule has 0 aliphatic carbocycles. The molecule has 6 heteroatoms. The van der Waals surface area contributed by atoms with Gasteiger partial charge < -0.3 is 4.74 Å². The zero-order chi connectivity index (χ0) is 14.8. The van der Waals surface area contributed by atoms with Crippen LogP contribution in [-0.4, -0.2) is 57.0 Å². The van der Waals surface area contributed by atoms with Crippen molar-refractivity contribution >= 4 is 10.0 Å². The fourth-order valence-corrected chi connectivity index (χ4v) is 3.78. The molecule has 5 nitrogen and oxygen atoms in total. The summed E-state index contributed by atoms with van der Waals surface area (Å²) in [6.45, 7) is 6.93.